The van der Waals surface area contributed by atoms with Crippen LogP contribution in [0.25, 0.3) is 12.2 Å². The van der Waals surface area contributed by atoms with E-state index in [1.165, 1.54) is 42.5 Å². The minimum atomic E-state index is -1.96. The van der Waals surface area contributed by atoms with Gasteiger partial charge in [0.15, 0.2) is 17.6 Å². The van der Waals surface area contributed by atoms with Crippen LogP contribution in [0.2, 0.25) is 0 Å². The van der Waals surface area contributed by atoms with Gasteiger partial charge in [-0.05, 0) is 42.0 Å². The van der Waals surface area contributed by atoms with Gasteiger partial charge < -0.3 is 89.3 Å². The zero-order valence-corrected chi connectivity index (χ0v) is 30.9. The molecule has 21 nitrogen and oxygen atoms in total. The summed E-state index contributed by atoms with van der Waals surface area (Å²) in [6.45, 7) is -1.41. The molecule has 0 spiro atoms. The van der Waals surface area contributed by atoms with Gasteiger partial charge >= 0.3 is 17.9 Å². The fourth-order valence-corrected chi connectivity index (χ4v) is 6.23. The number of carbonyl (C=O) groups excluding carboxylic acids is 2. The number of hydrogen-bond donors (Lipinski definition) is 11. The Morgan fingerprint density at radius 2 is 1.28 bits per heavy atom. The molecule has 3 aliphatic rings. The van der Waals surface area contributed by atoms with Gasteiger partial charge in [0.1, 0.15) is 97.2 Å². The predicted octanol–water partition coefficient (Wildman–Crippen LogP) is -0.731. The van der Waals surface area contributed by atoms with Crippen molar-refractivity contribution in [2.24, 2.45) is 0 Å². The first kappa shape index (κ1) is 43.4. The molecule has 11 N–H and O–H groups in total. The molecule has 3 aromatic rings. The molecule has 0 aliphatic carbocycles. The monoisotopic (exact) mass is 844 g/mol. The molecule has 21 heteroatoms. The number of ether oxygens (including phenoxy) is 7. The number of phenolic OH excluding ortho intramolecular Hbond substituents is 4. The number of phenols is 4. The molecule has 0 bridgehead atoms. The molecule has 3 aromatic carbocycles. The fraction of sp³-hybridized carbons (Fsp3) is 0.359. The third kappa shape index (κ3) is 9.98. The van der Waals surface area contributed by atoms with Crippen LogP contribution in [0.1, 0.15) is 29.2 Å². The van der Waals surface area contributed by atoms with Gasteiger partial charge in [-0.1, -0.05) is 18.2 Å². The zero-order valence-electron chi connectivity index (χ0n) is 30.9. The molecule has 0 saturated carbocycles. The lowest BCUT2D eigenvalue weighted by Gasteiger charge is -2.41. The lowest BCUT2D eigenvalue weighted by Crippen LogP contribution is -2.60. The van der Waals surface area contributed by atoms with Crippen LogP contribution in [-0.2, 0) is 38.1 Å². The number of hydrogen-bond acceptors (Lipinski definition) is 20. The van der Waals surface area contributed by atoms with E-state index in [9.17, 15) is 65.4 Å². The Labute approximate surface area is 338 Å². The van der Waals surface area contributed by atoms with E-state index in [-0.39, 0.29) is 34.1 Å². The van der Waals surface area contributed by atoms with E-state index in [0.29, 0.717) is 5.56 Å². The van der Waals surface area contributed by atoms with Crippen molar-refractivity contribution < 1.29 is 104 Å². The lowest BCUT2D eigenvalue weighted by atomic mass is 9.98. The Hall–Kier alpha value is -6.17. The minimum Gasteiger partial charge on any atom is -0.508 e. The third-order valence-corrected chi connectivity index (χ3v) is 9.41. The molecule has 11 atom stereocenters. The van der Waals surface area contributed by atoms with Gasteiger partial charge in [0, 0.05) is 23.8 Å². The highest BCUT2D eigenvalue weighted by Crippen LogP contribution is 2.46. The van der Waals surface area contributed by atoms with Gasteiger partial charge in [0.25, 0.3) is 0 Å². The number of aliphatic carboxylic acids is 1. The normalized spacial score (nSPS) is 28.8. The SMILES string of the molecule is O=C(O)CC(=O)OC[C@H]1O[C@H](Oc2cc(O)cc3c2C=C(O[C@@H]2O[C@@H](COC(=O)/C=C/c4ccc(O)cc4)[C@@H](O)[C@H](O)[C@H]2O)C(c2ccc(O)c(O)c2)O3)[C@H](O)[C@@H](O)[C@@H]1O. The zero-order chi connectivity index (χ0) is 43.4. The van der Waals surface area contributed by atoms with Crippen LogP contribution in [0.3, 0.4) is 0 Å². The summed E-state index contributed by atoms with van der Waals surface area (Å²) in [7, 11) is 0. The maximum Gasteiger partial charge on any atom is 0.330 e. The van der Waals surface area contributed by atoms with E-state index in [0.717, 1.165) is 30.3 Å². The Balaban J connectivity index is 1.26. The Morgan fingerprint density at radius 3 is 1.90 bits per heavy atom. The number of rotatable bonds is 13. The number of benzene rings is 3. The summed E-state index contributed by atoms with van der Waals surface area (Å²) in [5.41, 5.74) is 0.615. The van der Waals surface area contributed by atoms with Crippen LogP contribution in [0, 0.1) is 0 Å². The van der Waals surface area contributed by atoms with Gasteiger partial charge in [-0.2, -0.15) is 0 Å². The maximum absolute atomic E-state index is 12.5. The smallest absolute Gasteiger partial charge is 0.330 e. The summed E-state index contributed by atoms with van der Waals surface area (Å²) in [4.78, 5) is 35.2. The first-order valence-electron chi connectivity index (χ1n) is 18.0. The Bertz CT molecular complexity index is 2100. The van der Waals surface area contributed by atoms with Gasteiger partial charge in [0.05, 0.1) is 5.56 Å². The van der Waals surface area contributed by atoms with Crippen molar-refractivity contribution in [2.45, 2.75) is 73.9 Å². The second-order valence-electron chi connectivity index (χ2n) is 13.7. The van der Waals surface area contributed by atoms with Crippen LogP contribution in [-0.4, -0.2) is 149 Å². The highest BCUT2D eigenvalue weighted by Gasteiger charge is 2.48. The molecular weight excluding hydrogens is 804 g/mol. The molecule has 60 heavy (non-hydrogen) atoms. The standard InChI is InChI=1S/C39H40O21/c40-18-5-1-16(2-6-18)3-8-29(46)54-14-26-31(48)34(51)36(53)39(60-26)58-25-12-20-23(56-37(25)17-4-7-21(42)22(43)9-17)10-19(41)11-24(20)57-38-35(52)33(50)32(49)27(59-38)15-55-30(47)13-28(44)45/h1-12,26-27,31-43,48-53H,13-15H2,(H,44,45)/b8-3+/t26-,27+,31+,32+,33-,34-,35+,36+,37?,38-,39+/m0/s1. The summed E-state index contributed by atoms with van der Waals surface area (Å²) in [6, 6.07) is 11.6. The van der Waals surface area contributed by atoms with E-state index in [2.05, 4.69) is 0 Å². The summed E-state index contributed by atoms with van der Waals surface area (Å²) < 4.78 is 39.4. The third-order valence-electron chi connectivity index (χ3n) is 9.41. The van der Waals surface area contributed by atoms with Crippen molar-refractivity contribution in [2.75, 3.05) is 13.2 Å². The van der Waals surface area contributed by atoms with Crippen LogP contribution in [0.5, 0.6) is 34.5 Å². The molecular formula is C39H40O21. The average molecular weight is 845 g/mol. The maximum atomic E-state index is 12.5. The van der Waals surface area contributed by atoms with E-state index in [4.69, 9.17) is 38.3 Å². The molecule has 0 amide bonds. The lowest BCUT2D eigenvalue weighted by molar-refractivity contribution is -0.294. The van der Waals surface area contributed by atoms with E-state index >= 15 is 0 Å². The van der Waals surface area contributed by atoms with Crippen molar-refractivity contribution in [3.63, 3.8) is 0 Å². The van der Waals surface area contributed by atoms with Crippen molar-refractivity contribution in [1.29, 1.82) is 0 Å². The number of carboxylic acids is 1. The average Bonchev–Trinajstić information content (AvgIpc) is 3.20. The molecule has 1 unspecified atom stereocenters. The first-order chi connectivity index (χ1) is 28.5. The van der Waals surface area contributed by atoms with Crippen molar-refractivity contribution >= 4 is 30.1 Å². The van der Waals surface area contributed by atoms with E-state index in [1.807, 2.05) is 0 Å². The number of aromatic hydroxyl groups is 4. The number of fused-ring (bicyclic) bond motifs is 1. The molecule has 2 fully saturated rings. The Morgan fingerprint density at radius 1 is 0.667 bits per heavy atom. The summed E-state index contributed by atoms with van der Waals surface area (Å²) in [6.07, 6.45) is -16.8. The second-order valence-corrected chi connectivity index (χ2v) is 13.7. The largest absolute Gasteiger partial charge is 0.508 e. The number of carboxylic acid groups (broad SMARTS) is 1. The van der Waals surface area contributed by atoms with Crippen LogP contribution >= 0.6 is 0 Å². The topological polar surface area (TPSA) is 338 Å². The molecule has 2 saturated heterocycles. The predicted molar refractivity (Wildman–Crippen MR) is 196 cm³/mol. The highest BCUT2D eigenvalue weighted by molar-refractivity contribution is 5.90. The summed E-state index contributed by atoms with van der Waals surface area (Å²) in [5.74, 6) is -5.81. The van der Waals surface area contributed by atoms with Gasteiger partial charge in [-0.3, -0.25) is 9.59 Å². The van der Waals surface area contributed by atoms with Gasteiger partial charge in [-0.25, -0.2) is 4.79 Å². The molecule has 3 heterocycles. The first-order valence-corrected chi connectivity index (χ1v) is 18.0. The molecule has 322 valence electrons. The molecule has 6 rings (SSSR count). The summed E-state index contributed by atoms with van der Waals surface area (Å²) >= 11 is 0. The van der Waals surface area contributed by atoms with Crippen LogP contribution in [0.15, 0.2) is 66.4 Å². The van der Waals surface area contributed by atoms with Gasteiger partial charge in [0.2, 0.25) is 12.6 Å². The second kappa shape index (κ2) is 18.4. The summed E-state index contributed by atoms with van der Waals surface area (Å²) in [5, 5.41) is 114. The molecule has 0 radical (unpaired) electrons. The molecule has 3 aliphatic heterocycles. The number of aliphatic hydroxyl groups is 6. The fourth-order valence-electron chi connectivity index (χ4n) is 6.23. The Kier molecular flexibility index (Phi) is 13.3. The van der Waals surface area contributed by atoms with Gasteiger partial charge in [-0.15, -0.1) is 0 Å². The highest BCUT2D eigenvalue weighted by atomic mass is 16.7. The number of carbonyl (C=O) groups is 3. The van der Waals surface area contributed by atoms with E-state index in [1.54, 1.807) is 0 Å². The van der Waals surface area contributed by atoms with Crippen molar-refractivity contribution in [3.8, 4) is 34.5 Å². The van der Waals surface area contributed by atoms with Crippen LogP contribution in [0.4, 0.5) is 0 Å². The number of esters is 2. The van der Waals surface area contributed by atoms with Crippen molar-refractivity contribution in [3.05, 3.63) is 83.1 Å². The molecule has 0 aromatic heterocycles. The van der Waals surface area contributed by atoms with Crippen molar-refractivity contribution in [1.82, 2.24) is 0 Å². The number of aliphatic hydroxyl groups excluding tert-OH is 6. The quantitative estimate of drug-likeness (QED) is 0.0437. The van der Waals surface area contributed by atoms with Crippen LogP contribution < -0.4 is 9.47 Å². The van der Waals surface area contributed by atoms with E-state index < -0.39 is 122 Å². The minimum absolute atomic E-state index is 0.0148.